The Labute approximate surface area is 158 Å². The Bertz CT molecular complexity index is 832. The summed E-state index contributed by atoms with van der Waals surface area (Å²) in [6, 6.07) is 11.8. The fourth-order valence-corrected chi connectivity index (χ4v) is 3.51. The minimum absolute atomic E-state index is 0.106. The second-order valence-electron chi connectivity index (χ2n) is 6.67. The van der Waals surface area contributed by atoms with E-state index in [1.807, 2.05) is 18.2 Å². The standard InChI is InChI=1S/C20H23N3O4/c1-27-18-6-4-5-15(12-18)19(22-9-2-3-10-22)14-21-13-16-11-17(23(25)26)7-8-20(16)24/h4-8,11-13,19,24H,2-3,9-10,14H2,1H3/t19-/m1/s1. The fraction of sp³-hybridized carbons (Fsp3) is 0.350. The van der Waals surface area contributed by atoms with E-state index >= 15 is 0 Å². The minimum atomic E-state index is -0.510. The van der Waals surface area contributed by atoms with Gasteiger partial charge in [0.2, 0.25) is 0 Å². The average molecular weight is 369 g/mol. The number of methoxy groups -OCH3 is 1. The molecular formula is C20H23N3O4. The molecule has 2 aromatic carbocycles. The van der Waals surface area contributed by atoms with Gasteiger partial charge in [0.05, 0.1) is 31.7 Å². The Morgan fingerprint density at radius 3 is 2.74 bits per heavy atom. The molecule has 1 saturated heterocycles. The van der Waals surface area contributed by atoms with Gasteiger partial charge in [-0.05, 0) is 17.7 Å². The zero-order valence-electron chi connectivity index (χ0n) is 15.3. The fourth-order valence-electron chi connectivity index (χ4n) is 3.51. The molecule has 0 unspecified atom stereocenters. The lowest BCUT2D eigenvalue weighted by atomic mass is 10.1. The molecule has 7 heteroatoms. The molecule has 0 aromatic heterocycles. The number of likely N-dealkylation sites (tertiary alicyclic amines) is 1. The molecule has 142 valence electrons. The number of ether oxygens (including phenoxy) is 1. The summed E-state index contributed by atoms with van der Waals surface area (Å²) in [6.45, 7) is 2.67. The van der Waals surface area contributed by atoms with Gasteiger partial charge in [0, 0.05) is 36.8 Å². The van der Waals surface area contributed by atoms with E-state index in [0.29, 0.717) is 6.54 Å². The number of rotatable bonds is 7. The summed E-state index contributed by atoms with van der Waals surface area (Å²) in [6.07, 6.45) is 3.84. The smallest absolute Gasteiger partial charge is 0.270 e. The number of nitrogens with one attached hydrogen (secondary N) is 1. The number of aliphatic imine (C=N–C) groups is 1. The lowest BCUT2D eigenvalue weighted by molar-refractivity contribution is -0.918. The van der Waals surface area contributed by atoms with Crippen molar-refractivity contribution in [3.8, 4) is 11.5 Å². The highest BCUT2D eigenvalue weighted by Crippen LogP contribution is 2.21. The van der Waals surface area contributed by atoms with E-state index in [2.05, 4.69) is 11.1 Å². The first-order valence-corrected chi connectivity index (χ1v) is 9.02. The summed E-state index contributed by atoms with van der Waals surface area (Å²) in [7, 11) is 1.65. The first-order valence-electron chi connectivity index (χ1n) is 9.02. The summed E-state index contributed by atoms with van der Waals surface area (Å²) in [4.78, 5) is 16.3. The predicted molar refractivity (Wildman–Crippen MR) is 101 cm³/mol. The van der Waals surface area contributed by atoms with Crippen molar-refractivity contribution in [2.24, 2.45) is 4.99 Å². The van der Waals surface area contributed by atoms with Gasteiger partial charge in [-0.2, -0.15) is 0 Å². The highest BCUT2D eigenvalue weighted by molar-refractivity contribution is 5.84. The van der Waals surface area contributed by atoms with Gasteiger partial charge in [-0.3, -0.25) is 15.1 Å². The number of nitro benzene ring substituents is 1. The molecule has 1 fully saturated rings. The number of benzene rings is 2. The van der Waals surface area contributed by atoms with Crippen molar-refractivity contribution in [3.63, 3.8) is 0 Å². The molecule has 0 radical (unpaired) electrons. The van der Waals surface area contributed by atoms with Crippen LogP contribution < -0.4 is 14.7 Å². The molecule has 1 aliphatic heterocycles. The summed E-state index contributed by atoms with van der Waals surface area (Å²) < 4.78 is 5.34. The van der Waals surface area contributed by atoms with Crippen LogP contribution in [0.1, 0.15) is 30.0 Å². The topological polar surface area (TPSA) is 92.2 Å². The molecule has 0 bridgehead atoms. The molecule has 2 aromatic rings. The highest BCUT2D eigenvalue weighted by Gasteiger charge is 2.27. The van der Waals surface area contributed by atoms with Gasteiger partial charge in [-0.1, -0.05) is 23.9 Å². The summed E-state index contributed by atoms with van der Waals surface area (Å²) in [5.41, 5.74) is 1.28. The first-order chi connectivity index (χ1) is 13.1. The van der Waals surface area contributed by atoms with Crippen LogP contribution in [0.15, 0.2) is 47.5 Å². The van der Waals surface area contributed by atoms with Crippen LogP contribution >= 0.6 is 0 Å². The molecule has 0 amide bonds. The second kappa shape index (κ2) is 8.64. The van der Waals surface area contributed by atoms with Gasteiger partial charge < -0.3 is 14.7 Å². The molecule has 27 heavy (non-hydrogen) atoms. The van der Waals surface area contributed by atoms with Crippen LogP contribution in [0.5, 0.6) is 11.5 Å². The third-order valence-corrected chi connectivity index (χ3v) is 4.96. The SMILES string of the molecule is COc1cccc([C@@H](CN=Cc2cc([N+](=O)[O-])ccc2[O-])[NH+]2CCCC2)c1. The normalized spacial score (nSPS) is 15.9. The molecule has 3 rings (SSSR count). The van der Waals surface area contributed by atoms with Gasteiger partial charge in [-0.25, -0.2) is 0 Å². The average Bonchev–Trinajstić information content (AvgIpc) is 3.20. The van der Waals surface area contributed by atoms with Crippen LogP contribution in [0, 0.1) is 10.1 Å². The number of quaternary nitrogens is 1. The Hall–Kier alpha value is -2.93. The van der Waals surface area contributed by atoms with Crippen molar-refractivity contribution in [3.05, 3.63) is 63.7 Å². The Morgan fingerprint density at radius 1 is 1.26 bits per heavy atom. The monoisotopic (exact) mass is 369 g/mol. The largest absolute Gasteiger partial charge is 0.872 e. The molecule has 7 nitrogen and oxygen atoms in total. The molecule has 0 spiro atoms. The van der Waals surface area contributed by atoms with Crippen molar-refractivity contribution in [2.75, 3.05) is 26.7 Å². The Kier molecular flexibility index (Phi) is 6.03. The molecule has 1 aliphatic rings. The number of nitro groups is 1. The first kappa shape index (κ1) is 18.8. The van der Waals surface area contributed by atoms with Gasteiger partial charge in [0.1, 0.15) is 11.8 Å². The highest BCUT2D eigenvalue weighted by atomic mass is 16.6. The van der Waals surface area contributed by atoms with Crippen LogP contribution in [-0.2, 0) is 0 Å². The van der Waals surface area contributed by atoms with E-state index in [1.165, 1.54) is 42.2 Å². The van der Waals surface area contributed by atoms with E-state index < -0.39 is 4.92 Å². The van der Waals surface area contributed by atoms with Crippen LogP contribution in [0.2, 0.25) is 0 Å². The maximum absolute atomic E-state index is 11.9. The van der Waals surface area contributed by atoms with Gasteiger partial charge in [0.25, 0.3) is 5.69 Å². The predicted octanol–water partition coefficient (Wildman–Crippen LogP) is 1.52. The molecular weight excluding hydrogens is 346 g/mol. The van der Waals surface area contributed by atoms with Gasteiger partial charge in [0.15, 0.2) is 0 Å². The third-order valence-electron chi connectivity index (χ3n) is 4.96. The van der Waals surface area contributed by atoms with Crippen molar-refractivity contribution in [2.45, 2.75) is 18.9 Å². The minimum Gasteiger partial charge on any atom is -0.872 e. The number of hydrogen-bond acceptors (Lipinski definition) is 5. The van der Waals surface area contributed by atoms with Crippen LogP contribution in [0.25, 0.3) is 0 Å². The quantitative estimate of drug-likeness (QED) is 0.455. The lowest BCUT2D eigenvalue weighted by Gasteiger charge is -2.24. The molecule has 0 saturated carbocycles. The maximum atomic E-state index is 11.9. The van der Waals surface area contributed by atoms with E-state index in [4.69, 9.17) is 4.74 Å². The van der Waals surface area contributed by atoms with Crippen molar-refractivity contribution in [1.29, 1.82) is 0 Å². The Morgan fingerprint density at radius 2 is 2.04 bits per heavy atom. The summed E-state index contributed by atoms with van der Waals surface area (Å²) >= 11 is 0. The van der Waals surface area contributed by atoms with E-state index in [9.17, 15) is 15.2 Å². The van der Waals surface area contributed by atoms with E-state index in [1.54, 1.807) is 7.11 Å². The zero-order chi connectivity index (χ0) is 19.2. The Balaban J connectivity index is 1.81. The maximum Gasteiger partial charge on any atom is 0.270 e. The molecule has 1 heterocycles. The van der Waals surface area contributed by atoms with Crippen LogP contribution in [0.4, 0.5) is 5.69 Å². The second-order valence-corrected chi connectivity index (χ2v) is 6.67. The van der Waals surface area contributed by atoms with Crippen molar-refractivity contribution < 1.29 is 19.7 Å². The number of non-ortho nitro benzene ring substituents is 1. The summed E-state index contributed by atoms with van der Waals surface area (Å²) in [5, 5.41) is 22.9. The number of hydrogen-bond donors (Lipinski definition) is 1. The number of nitrogens with zero attached hydrogens (tertiary/aromatic N) is 2. The third kappa shape index (κ3) is 4.62. The zero-order valence-corrected chi connectivity index (χ0v) is 15.3. The van der Waals surface area contributed by atoms with Crippen LogP contribution in [-0.4, -0.2) is 37.9 Å². The molecule has 0 aliphatic carbocycles. The summed E-state index contributed by atoms with van der Waals surface area (Å²) in [5.74, 6) is 0.538. The van der Waals surface area contributed by atoms with E-state index in [0.717, 1.165) is 24.4 Å². The van der Waals surface area contributed by atoms with E-state index in [-0.39, 0.29) is 23.0 Å². The van der Waals surface area contributed by atoms with Gasteiger partial charge in [-0.15, -0.1) is 0 Å². The lowest BCUT2D eigenvalue weighted by Crippen LogP contribution is -3.10. The molecule has 1 atom stereocenters. The molecule has 1 N–H and O–H groups in total. The van der Waals surface area contributed by atoms with Crippen molar-refractivity contribution >= 4 is 11.9 Å². The van der Waals surface area contributed by atoms with Crippen molar-refractivity contribution in [1.82, 2.24) is 0 Å². The van der Waals surface area contributed by atoms with Gasteiger partial charge >= 0.3 is 0 Å². The van der Waals surface area contributed by atoms with Crippen LogP contribution in [0.3, 0.4) is 0 Å².